The number of alkyl halides is 1. The molecule has 5 heteroatoms. The fraction of sp³-hybridized carbons (Fsp3) is 0.909. The summed E-state index contributed by atoms with van der Waals surface area (Å²) in [6, 6.07) is 0.165. The number of amides is 1. The van der Waals surface area contributed by atoms with E-state index in [-0.39, 0.29) is 11.9 Å². The zero-order valence-electron chi connectivity index (χ0n) is 9.87. The second-order valence-corrected chi connectivity index (χ2v) is 5.07. The SMILES string of the molecule is CC(C)CC(CBr)NC(=O)C1COCCO1. The lowest BCUT2D eigenvalue weighted by Crippen LogP contribution is -2.47. The summed E-state index contributed by atoms with van der Waals surface area (Å²) in [7, 11) is 0. The van der Waals surface area contributed by atoms with Crippen molar-refractivity contribution >= 4 is 21.8 Å². The van der Waals surface area contributed by atoms with Gasteiger partial charge in [0, 0.05) is 11.4 Å². The molecule has 1 saturated heterocycles. The van der Waals surface area contributed by atoms with Crippen molar-refractivity contribution in [3.63, 3.8) is 0 Å². The topological polar surface area (TPSA) is 47.6 Å². The van der Waals surface area contributed by atoms with E-state index in [0.717, 1.165) is 11.8 Å². The standard InChI is InChI=1S/C11H20BrNO3/c1-8(2)5-9(6-12)13-11(14)10-7-15-3-4-16-10/h8-10H,3-7H2,1-2H3,(H,13,14). The van der Waals surface area contributed by atoms with Crippen LogP contribution in [0.15, 0.2) is 0 Å². The van der Waals surface area contributed by atoms with Gasteiger partial charge in [0.05, 0.1) is 19.8 Å². The molecule has 1 amide bonds. The average molecular weight is 294 g/mol. The molecule has 0 aromatic carbocycles. The summed E-state index contributed by atoms with van der Waals surface area (Å²) in [4.78, 5) is 11.8. The van der Waals surface area contributed by atoms with Gasteiger partial charge in [0.15, 0.2) is 6.10 Å². The summed E-state index contributed by atoms with van der Waals surface area (Å²) in [6.07, 6.45) is 0.521. The molecule has 0 aromatic heterocycles. The van der Waals surface area contributed by atoms with Gasteiger partial charge in [-0.3, -0.25) is 4.79 Å². The smallest absolute Gasteiger partial charge is 0.251 e. The third-order valence-corrected chi connectivity index (χ3v) is 3.18. The van der Waals surface area contributed by atoms with Crippen LogP contribution in [0, 0.1) is 5.92 Å². The van der Waals surface area contributed by atoms with E-state index < -0.39 is 6.10 Å². The van der Waals surface area contributed by atoms with Crippen LogP contribution < -0.4 is 5.32 Å². The number of hydrogen-bond donors (Lipinski definition) is 1. The van der Waals surface area contributed by atoms with E-state index in [1.165, 1.54) is 0 Å². The molecule has 2 atom stereocenters. The minimum Gasteiger partial charge on any atom is -0.376 e. The van der Waals surface area contributed by atoms with E-state index in [1.54, 1.807) is 0 Å². The number of halogens is 1. The Labute approximate surface area is 105 Å². The molecular weight excluding hydrogens is 274 g/mol. The normalized spacial score (nSPS) is 23.1. The Bertz CT molecular complexity index is 217. The summed E-state index contributed by atoms with van der Waals surface area (Å²) >= 11 is 3.41. The van der Waals surface area contributed by atoms with E-state index in [1.807, 2.05) is 0 Å². The molecule has 94 valence electrons. The van der Waals surface area contributed by atoms with Gasteiger partial charge in [0.25, 0.3) is 5.91 Å². The number of hydrogen-bond acceptors (Lipinski definition) is 3. The van der Waals surface area contributed by atoms with Gasteiger partial charge >= 0.3 is 0 Å². The first kappa shape index (κ1) is 13.9. The summed E-state index contributed by atoms with van der Waals surface area (Å²) < 4.78 is 10.5. The average Bonchev–Trinajstić information content (AvgIpc) is 2.28. The first-order valence-electron chi connectivity index (χ1n) is 5.69. The van der Waals surface area contributed by atoms with Gasteiger partial charge < -0.3 is 14.8 Å². The Morgan fingerprint density at radius 1 is 1.50 bits per heavy atom. The molecule has 1 fully saturated rings. The number of carbonyl (C=O) groups is 1. The maximum absolute atomic E-state index is 11.8. The summed E-state index contributed by atoms with van der Waals surface area (Å²) in [5.41, 5.74) is 0. The zero-order valence-corrected chi connectivity index (χ0v) is 11.5. The molecule has 1 rings (SSSR count). The monoisotopic (exact) mass is 293 g/mol. The Hall–Kier alpha value is -0.130. The largest absolute Gasteiger partial charge is 0.376 e. The van der Waals surface area contributed by atoms with Crippen molar-refractivity contribution in [1.29, 1.82) is 0 Å². The van der Waals surface area contributed by atoms with Crippen LogP contribution in [0.3, 0.4) is 0 Å². The molecule has 2 unspecified atom stereocenters. The molecule has 1 N–H and O–H groups in total. The lowest BCUT2D eigenvalue weighted by Gasteiger charge is -2.25. The fourth-order valence-electron chi connectivity index (χ4n) is 1.66. The molecule has 1 aliphatic heterocycles. The van der Waals surface area contributed by atoms with Gasteiger partial charge in [0.2, 0.25) is 0 Å². The molecule has 0 aliphatic carbocycles. The molecule has 0 saturated carbocycles. The lowest BCUT2D eigenvalue weighted by atomic mass is 10.1. The predicted molar refractivity (Wildman–Crippen MR) is 65.7 cm³/mol. The van der Waals surface area contributed by atoms with Gasteiger partial charge in [-0.15, -0.1) is 0 Å². The highest BCUT2D eigenvalue weighted by atomic mass is 79.9. The summed E-state index contributed by atoms with van der Waals surface area (Å²) in [5.74, 6) is 0.496. The molecule has 0 spiro atoms. The number of nitrogens with one attached hydrogen (secondary N) is 1. The van der Waals surface area contributed by atoms with Crippen molar-refractivity contribution in [2.24, 2.45) is 5.92 Å². The van der Waals surface area contributed by atoms with Crippen LogP contribution >= 0.6 is 15.9 Å². The fourth-order valence-corrected chi connectivity index (χ4v) is 2.09. The van der Waals surface area contributed by atoms with Crippen molar-refractivity contribution in [3.05, 3.63) is 0 Å². The molecular formula is C11H20BrNO3. The molecule has 0 radical (unpaired) electrons. The number of ether oxygens (including phenoxy) is 2. The Kier molecular flexibility index (Phi) is 6.31. The van der Waals surface area contributed by atoms with Crippen molar-refractivity contribution in [2.75, 3.05) is 25.2 Å². The minimum absolute atomic E-state index is 0.0650. The molecule has 16 heavy (non-hydrogen) atoms. The quantitative estimate of drug-likeness (QED) is 0.778. The van der Waals surface area contributed by atoms with Gasteiger partial charge in [-0.25, -0.2) is 0 Å². The van der Waals surface area contributed by atoms with Gasteiger partial charge in [-0.2, -0.15) is 0 Å². The van der Waals surface area contributed by atoms with Crippen LogP contribution in [0.4, 0.5) is 0 Å². The van der Waals surface area contributed by atoms with E-state index in [2.05, 4.69) is 35.1 Å². The Morgan fingerprint density at radius 2 is 2.25 bits per heavy atom. The van der Waals surface area contributed by atoms with Crippen molar-refractivity contribution in [1.82, 2.24) is 5.32 Å². The number of rotatable bonds is 5. The van der Waals surface area contributed by atoms with Gasteiger partial charge in [-0.05, 0) is 12.3 Å². The Balaban J connectivity index is 2.35. The van der Waals surface area contributed by atoms with Gasteiger partial charge in [0.1, 0.15) is 0 Å². The molecule has 0 bridgehead atoms. The highest BCUT2D eigenvalue weighted by Gasteiger charge is 2.24. The third kappa shape index (κ3) is 4.80. The van der Waals surface area contributed by atoms with Crippen molar-refractivity contribution in [3.8, 4) is 0 Å². The van der Waals surface area contributed by atoms with Crippen LogP contribution in [-0.4, -0.2) is 43.2 Å². The minimum atomic E-state index is -0.442. The van der Waals surface area contributed by atoms with Crippen molar-refractivity contribution in [2.45, 2.75) is 32.4 Å². The van der Waals surface area contributed by atoms with Crippen molar-refractivity contribution < 1.29 is 14.3 Å². The number of carbonyl (C=O) groups excluding carboxylic acids is 1. The van der Waals surface area contributed by atoms with Gasteiger partial charge in [-0.1, -0.05) is 29.8 Å². The molecule has 0 aromatic rings. The first-order chi connectivity index (χ1) is 7.63. The van der Waals surface area contributed by atoms with Crippen LogP contribution in [0.25, 0.3) is 0 Å². The maximum atomic E-state index is 11.8. The third-order valence-electron chi connectivity index (χ3n) is 2.40. The predicted octanol–water partition coefficient (Wildman–Crippen LogP) is 1.33. The Morgan fingerprint density at radius 3 is 2.75 bits per heavy atom. The summed E-state index contributed by atoms with van der Waals surface area (Å²) in [5, 5.41) is 3.75. The molecule has 1 aliphatic rings. The van der Waals surface area contributed by atoms with E-state index in [9.17, 15) is 4.79 Å². The first-order valence-corrected chi connectivity index (χ1v) is 6.81. The van der Waals surface area contributed by atoms with Crippen LogP contribution in [0.1, 0.15) is 20.3 Å². The highest BCUT2D eigenvalue weighted by molar-refractivity contribution is 9.09. The van der Waals surface area contributed by atoms with E-state index in [4.69, 9.17) is 9.47 Å². The molecule has 1 heterocycles. The maximum Gasteiger partial charge on any atom is 0.251 e. The second kappa shape index (κ2) is 7.25. The van der Waals surface area contributed by atoms with E-state index >= 15 is 0 Å². The molecule has 4 nitrogen and oxygen atoms in total. The van der Waals surface area contributed by atoms with E-state index in [0.29, 0.717) is 25.7 Å². The second-order valence-electron chi connectivity index (χ2n) is 4.42. The van der Waals surface area contributed by atoms with Crippen LogP contribution in [0.2, 0.25) is 0 Å². The lowest BCUT2D eigenvalue weighted by molar-refractivity contribution is -0.148. The summed E-state index contributed by atoms with van der Waals surface area (Å²) in [6.45, 7) is 5.73. The van der Waals surface area contributed by atoms with Crippen LogP contribution in [-0.2, 0) is 14.3 Å². The van der Waals surface area contributed by atoms with Crippen LogP contribution in [0.5, 0.6) is 0 Å². The highest BCUT2D eigenvalue weighted by Crippen LogP contribution is 2.08. The zero-order chi connectivity index (χ0) is 12.0.